The summed E-state index contributed by atoms with van der Waals surface area (Å²) in [5.74, 6) is -0.553. The van der Waals surface area contributed by atoms with Crippen LogP contribution in [0.2, 0.25) is 0 Å². The molecule has 0 aromatic heterocycles. The highest BCUT2D eigenvalue weighted by Crippen LogP contribution is 2.24. The third kappa shape index (κ3) is 5.65. The van der Waals surface area contributed by atoms with Gasteiger partial charge in [0.25, 0.3) is 0 Å². The third-order valence-electron chi connectivity index (χ3n) is 2.81. The zero-order chi connectivity index (χ0) is 13.4. The van der Waals surface area contributed by atoms with E-state index >= 15 is 0 Å². The maximum Gasteiger partial charge on any atom is 0.410 e. The van der Waals surface area contributed by atoms with Gasteiger partial charge in [0, 0.05) is 0 Å². The number of rotatable bonds is 5. The molecule has 0 saturated heterocycles. The first-order valence-electron chi connectivity index (χ1n) is 6.16. The number of hydrogen-bond donors (Lipinski definition) is 1. The van der Waals surface area contributed by atoms with Gasteiger partial charge in [0.15, 0.2) is 0 Å². The van der Waals surface area contributed by atoms with Crippen molar-refractivity contribution in [2.75, 3.05) is 13.3 Å². The van der Waals surface area contributed by atoms with Crippen LogP contribution in [-0.4, -0.2) is 31.2 Å². The van der Waals surface area contributed by atoms with Crippen LogP contribution < -0.4 is 5.32 Å². The molecule has 0 spiro atoms. The predicted octanol–water partition coefficient (Wildman–Crippen LogP) is 1.38. The van der Waals surface area contributed by atoms with E-state index in [4.69, 9.17) is 4.74 Å². The third-order valence-corrected chi connectivity index (χ3v) is 2.81. The van der Waals surface area contributed by atoms with Crippen molar-refractivity contribution in [2.24, 2.45) is 5.92 Å². The molecule has 6 heteroatoms. The van der Waals surface area contributed by atoms with Crippen LogP contribution in [-0.2, 0) is 19.1 Å². The molecule has 1 fully saturated rings. The van der Waals surface area contributed by atoms with Gasteiger partial charge in [0.1, 0.15) is 5.78 Å². The van der Waals surface area contributed by atoms with E-state index in [0.717, 1.165) is 32.1 Å². The molecule has 1 rings (SSSR count). The Bertz CT molecular complexity index is 310. The Balaban J connectivity index is 2.10. The molecule has 0 radical (unpaired) electrons. The van der Waals surface area contributed by atoms with E-state index in [1.54, 1.807) is 0 Å². The van der Waals surface area contributed by atoms with Gasteiger partial charge >= 0.3 is 12.1 Å². The topological polar surface area (TPSA) is 81.7 Å². The van der Waals surface area contributed by atoms with Gasteiger partial charge in [-0.2, -0.15) is 0 Å². The number of ether oxygens (including phenoxy) is 2. The van der Waals surface area contributed by atoms with Crippen molar-refractivity contribution in [3.05, 3.63) is 0 Å². The molecule has 0 aromatic rings. The van der Waals surface area contributed by atoms with E-state index < -0.39 is 12.9 Å². The Morgan fingerprint density at radius 1 is 1.11 bits per heavy atom. The largest absolute Gasteiger partial charge is 0.428 e. The molecule has 0 aliphatic heterocycles. The standard InChI is InChI=1S/C12H19NO5/c1-9(14)7-13-12(16)18-8-17-11(15)10-5-3-2-4-6-10/h10H,2-8H2,1H3,(H,13,16). The summed E-state index contributed by atoms with van der Waals surface area (Å²) in [6.45, 7) is 0.859. The van der Waals surface area contributed by atoms with E-state index in [1.807, 2.05) is 0 Å². The van der Waals surface area contributed by atoms with Crippen molar-refractivity contribution >= 4 is 17.8 Å². The van der Waals surface area contributed by atoms with Gasteiger partial charge in [0.2, 0.25) is 6.79 Å². The van der Waals surface area contributed by atoms with Gasteiger partial charge in [-0.3, -0.25) is 9.59 Å². The van der Waals surface area contributed by atoms with Crippen LogP contribution in [0, 0.1) is 5.92 Å². The first kappa shape index (κ1) is 14.5. The maximum atomic E-state index is 11.6. The Kier molecular flexibility index (Phi) is 6.18. The molecule has 102 valence electrons. The zero-order valence-electron chi connectivity index (χ0n) is 10.6. The fourth-order valence-electron chi connectivity index (χ4n) is 1.84. The lowest BCUT2D eigenvalue weighted by Gasteiger charge is -2.19. The second-order valence-electron chi connectivity index (χ2n) is 4.40. The van der Waals surface area contributed by atoms with Crippen LogP contribution in [0.3, 0.4) is 0 Å². The first-order chi connectivity index (χ1) is 8.59. The van der Waals surface area contributed by atoms with Gasteiger partial charge in [-0.25, -0.2) is 4.79 Å². The summed E-state index contributed by atoms with van der Waals surface area (Å²) in [5.41, 5.74) is 0. The minimum atomic E-state index is -0.762. The van der Waals surface area contributed by atoms with Crippen LogP contribution in [0.15, 0.2) is 0 Å². The molecule has 1 aliphatic rings. The van der Waals surface area contributed by atoms with Gasteiger partial charge in [-0.05, 0) is 19.8 Å². The molecular formula is C12H19NO5. The van der Waals surface area contributed by atoms with E-state index in [2.05, 4.69) is 10.1 Å². The number of nitrogens with one attached hydrogen (secondary N) is 1. The average Bonchev–Trinajstić information content (AvgIpc) is 2.37. The molecule has 1 saturated carbocycles. The Labute approximate surface area is 106 Å². The summed E-state index contributed by atoms with van der Waals surface area (Å²) >= 11 is 0. The van der Waals surface area contributed by atoms with Crippen LogP contribution >= 0.6 is 0 Å². The molecule has 1 N–H and O–H groups in total. The van der Waals surface area contributed by atoms with Gasteiger partial charge in [0.05, 0.1) is 12.5 Å². The minimum absolute atomic E-state index is 0.0670. The van der Waals surface area contributed by atoms with Crippen molar-refractivity contribution in [3.8, 4) is 0 Å². The smallest absolute Gasteiger partial charge is 0.410 e. The summed E-state index contributed by atoms with van der Waals surface area (Å²) in [5, 5.41) is 2.23. The van der Waals surface area contributed by atoms with Crippen LogP contribution in [0.5, 0.6) is 0 Å². The van der Waals surface area contributed by atoms with Gasteiger partial charge in [-0.15, -0.1) is 0 Å². The summed E-state index contributed by atoms with van der Waals surface area (Å²) in [6, 6.07) is 0. The molecule has 18 heavy (non-hydrogen) atoms. The normalized spacial score (nSPS) is 15.8. The van der Waals surface area contributed by atoms with Gasteiger partial charge < -0.3 is 14.8 Å². The van der Waals surface area contributed by atoms with E-state index in [9.17, 15) is 14.4 Å². The summed E-state index contributed by atoms with van der Waals surface area (Å²) < 4.78 is 9.46. The molecule has 0 unspecified atom stereocenters. The number of ketones is 1. The molecule has 0 bridgehead atoms. The SMILES string of the molecule is CC(=O)CNC(=O)OCOC(=O)C1CCCCC1. The molecule has 0 heterocycles. The molecular weight excluding hydrogens is 238 g/mol. The number of hydrogen-bond acceptors (Lipinski definition) is 5. The lowest BCUT2D eigenvalue weighted by Crippen LogP contribution is -2.30. The lowest BCUT2D eigenvalue weighted by atomic mass is 9.89. The van der Waals surface area contributed by atoms with Gasteiger partial charge in [-0.1, -0.05) is 19.3 Å². The molecule has 0 atom stereocenters. The highest BCUT2D eigenvalue weighted by atomic mass is 16.7. The number of alkyl carbamates (subject to hydrolysis) is 1. The zero-order valence-corrected chi connectivity index (χ0v) is 10.6. The number of esters is 1. The van der Waals surface area contributed by atoms with Crippen molar-refractivity contribution in [1.29, 1.82) is 0 Å². The first-order valence-corrected chi connectivity index (χ1v) is 6.16. The summed E-state index contributed by atoms with van der Waals surface area (Å²) in [7, 11) is 0. The van der Waals surface area contributed by atoms with Crippen LogP contribution in [0.25, 0.3) is 0 Å². The highest BCUT2D eigenvalue weighted by molar-refractivity contribution is 5.81. The van der Waals surface area contributed by atoms with E-state index in [0.29, 0.717) is 0 Å². The summed E-state index contributed by atoms with van der Waals surface area (Å²) in [6.07, 6.45) is 4.17. The quantitative estimate of drug-likeness (QED) is 0.594. The fourth-order valence-corrected chi connectivity index (χ4v) is 1.84. The average molecular weight is 257 g/mol. The van der Waals surface area contributed by atoms with Crippen molar-refractivity contribution in [2.45, 2.75) is 39.0 Å². The lowest BCUT2D eigenvalue weighted by molar-refractivity contribution is -0.158. The molecule has 1 aliphatic carbocycles. The monoisotopic (exact) mass is 257 g/mol. The maximum absolute atomic E-state index is 11.6. The second-order valence-corrected chi connectivity index (χ2v) is 4.40. The number of amides is 1. The van der Waals surface area contributed by atoms with Crippen LogP contribution in [0.4, 0.5) is 4.79 Å². The summed E-state index contributed by atoms with van der Waals surface area (Å²) in [4.78, 5) is 33.2. The second kappa shape index (κ2) is 7.68. The fraction of sp³-hybridized carbons (Fsp3) is 0.750. The van der Waals surface area contributed by atoms with Crippen molar-refractivity contribution < 1.29 is 23.9 Å². The Morgan fingerprint density at radius 3 is 2.39 bits per heavy atom. The van der Waals surface area contributed by atoms with E-state index in [-0.39, 0.29) is 24.2 Å². The number of Topliss-reactive ketones (excluding diaryl/α,β-unsaturated/α-hetero) is 1. The van der Waals surface area contributed by atoms with Crippen LogP contribution in [0.1, 0.15) is 39.0 Å². The minimum Gasteiger partial charge on any atom is -0.428 e. The number of carbonyl (C=O) groups is 3. The predicted molar refractivity (Wildman–Crippen MR) is 62.7 cm³/mol. The molecule has 0 aromatic carbocycles. The Hall–Kier alpha value is -1.59. The Morgan fingerprint density at radius 2 is 1.78 bits per heavy atom. The highest BCUT2D eigenvalue weighted by Gasteiger charge is 2.22. The number of carbonyl (C=O) groups excluding carboxylic acids is 3. The van der Waals surface area contributed by atoms with E-state index in [1.165, 1.54) is 6.92 Å². The molecule has 1 amide bonds. The van der Waals surface area contributed by atoms with Crippen molar-refractivity contribution in [1.82, 2.24) is 5.32 Å². The molecule has 6 nitrogen and oxygen atoms in total. The van der Waals surface area contributed by atoms with Crippen molar-refractivity contribution in [3.63, 3.8) is 0 Å².